The molecule has 2 rings (SSSR count). The highest BCUT2D eigenvalue weighted by Gasteiger charge is 2.23. The molecule has 1 amide bonds. The lowest BCUT2D eigenvalue weighted by Crippen LogP contribution is -2.50. The first-order valence-corrected chi connectivity index (χ1v) is 9.01. The van der Waals surface area contributed by atoms with Crippen LogP contribution in [0.2, 0.25) is 0 Å². The Kier molecular flexibility index (Phi) is 7.52. The maximum absolute atomic E-state index is 11.7. The van der Waals surface area contributed by atoms with E-state index in [0.29, 0.717) is 39.3 Å². The normalized spacial score (nSPS) is 16.6. The molecule has 0 bridgehead atoms. The summed E-state index contributed by atoms with van der Waals surface area (Å²) in [5, 5.41) is 10.2. The summed E-state index contributed by atoms with van der Waals surface area (Å²) in [7, 11) is 0. The number of aliphatic hydroxyl groups excluding tert-OH is 1. The quantitative estimate of drug-likeness (QED) is 0.817. The van der Waals surface area contributed by atoms with E-state index in [1.54, 1.807) is 4.90 Å². The highest BCUT2D eigenvalue weighted by molar-refractivity contribution is 5.67. The SMILES string of the molecule is CCOC(=O)N1CCN(CC(O)CCOc2ccc(C)c(C)c2)CC1. The molecule has 0 aromatic heterocycles. The van der Waals surface area contributed by atoms with E-state index in [1.165, 1.54) is 11.1 Å². The van der Waals surface area contributed by atoms with Gasteiger partial charge in [-0.3, -0.25) is 4.90 Å². The van der Waals surface area contributed by atoms with Crippen LogP contribution < -0.4 is 4.74 Å². The Labute approximate surface area is 150 Å². The molecule has 1 aromatic carbocycles. The van der Waals surface area contributed by atoms with Gasteiger partial charge in [0.2, 0.25) is 0 Å². The molecule has 0 radical (unpaired) electrons. The molecular formula is C19H30N2O4. The van der Waals surface area contributed by atoms with Gasteiger partial charge in [0, 0.05) is 39.1 Å². The molecule has 1 aromatic rings. The first-order valence-electron chi connectivity index (χ1n) is 9.01. The third-order valence-electron chi connectivity index (χ3n) is 4.57. The fraction of sp³-hybridized carbons (Fsp3) is 0.632. The summed E-state index contributed by atoms with van der Waals surface area (Å²) in [5.41, 5.74) is 2.45. The van der Waals surface area contributed by atoms with Gasteiger partial charge in [-0.1, -0.05) is 6.07 Å². The molecule has 1 atom stereocenters. The number of nitrogens with zero attached hydrogens (tertiary/aromatic N) is 2. The van der Waals surface area contributed by atoms with E-state index in [9.17, 15) is 9.90 Å². The predicted octanol–water partition coefficient (Wildman–Crippen LogP) is 2.21. The molecule has 1 fully saturated rings. The molecule has 1 heterocycles. The van der Waals surface area contributed by atoms with Crippen LogP contribution in [-0.4, -0.2) is 73.0 Å². The van der Waals surface area contributed by atoms with Crippen molar-refractivity contribution in [1.29, 1.82) is 0 Å². The summed E-state index contributed by atoms with van der Waals surface area (Å²) in [4.78, 5) is 15.6. The summed E-state index contributed by atoms with van der Waals surface area (Å²) in [5.74, 6) is 0.846. The molecule has 1 saturated heterocycles. The van der Waals surface area contributed by atoms with Crippen molar-refractivity contribution in [3.05, 3.63) is 29.3 Å². The maximum atomic E-state index is 11.7. The molecule has 0 spiro atoms. The van der Waals surface area contributed by atoms with Crippen molar-refractivity contribution in [2.24, 2.45) is 0 Å². The third kappa shape index (κ3) is 6.21. The van der Waals surface area contributed by atoms with E-state index in [0.717, 1.165) is 18.8 Å². The fourth-order valence-corrected chi connectivity index (χ4v) is 2.83. The van der Waals surface area contributed by atoms with Crippen LogP contribution in [0, 0.1) is 13.8 Å². The Bertz CT molecular complexity index is 556. The van der Waals surface area contributed by atoms with Crippen LogP contribution >= 0.6 is 0 Å². The Hall–Kier alpha value is -1.79. The number of β-amino-alcohol motifs (C(OH)–C–C–N with tert-alkyl or cyclic N) is 1. The second-order valence-corrected chi connectivity index (χ2v) is 6.52. The van der Waals surface area contributed by atoms with Crippen molar-refractivity contribution in [3.63, 3.8) is 0 Å². The van der Waals surface area contributed by atoms with Gasteiger partial charge in [0.05, 0.1) is 19.3 Å². The standard InChI is InChI=1S/C19H30N2O4/c1-4-24-19(23)21-10-8-20(9-11-21)14-17(22)7-12-25-18-6-5-15(2)16(3)13-18/h5-6,13,17,22H,4,7-12,14H2,1-3H3. The molecule has 1 aliphatic rings. The lowest BCUT2D eigenvalue weighted by Gasteiger charge is -2.34. The third-order valence-corrected chi connectivity index (χ3v) is 4.57. The minimum atomic E-state index is -0.430. The monoisotopic (exact) mass is 350 g/mol. The largest absolute Gasteiger partial charge is 0.493 e. The predicted molar refractivity (Wildman–Crippen MR) is 97.1 cm³/mol. The van der Waals surface area contributed by atoms with Gasteiger partial charge in [-0.25, -0.2) is 4.79 Å². The van der Waals surface area contributed by atoms with Crippen LogP contribution in [0.15, 0.2) is 18.2 Å². The van der Waals surface area contributed by atoms with Crippen LogP contribution in [0.25, 0.3) is 0 Å². The second-order valence-electron chi connectivity index (χ2n) is 6.52. The van der Waals surface area contributed by atoms with Crippen molar-refractivity contribution in [2.75, 3.05) is 45.9 Å². The average Bonchev–Trinajstić information content (AvgIpc) is 2.59. The van der Waals surface area contributed by atoms with E-state index in [-0.39, 0.29) is 6.09 Å². The number of hydrogen-bond donors (Lipinski definition) is 1. The van der Waals surface area contributed by atoms with Crippen LogP contribution in [-0.2, 0) is 4.74 Å². The minimum Gasteiger partial charge on any atom is -0.493 e. The topological polar surface area (TPSA) is 62.2 Å². The number of ether oxygens (including phenoxy) is 2. The molecule has 6 nitrogen and oxygen atoms in total. The molecule has 0 aliphatic carbocycles. The van der Waals surface area contributed by atoms with E-state index in [1.807, 2.05) is 25.1 Å². The molecule has 140 valence electrons. The number of aryl methyl sites for hydroxylation is 2. The smallest absolute Gasteiger partial charge is 0.409 e. The number of amides is 1. The average molecular weight is 350 g/mol. The molecule has 0 saturated carbocycles. The number of piperazine rings is 1. The van der Waals surface area contributed by atoms with Crippen LogP contribution in [0.3, 0.4) is 0 Å². The van der Waals surface area contributed by atoms with E-state index in [4.69, 9.17) is 9.47 Å². The van der Waals surface area contributed by atoms with Crippen molar-refractivity contribution < 1.29 is 19.4 Å². The van der Waals surface area contributed by atoms with Crippen molar-refractivity contribution in [3.8, 4) is 5.75 Å². The van der Waals surface area contributed by atoms with Gasteiger partial charge in [0.15, 0.2) is 0 Å². The number of rotatable bonds is 7. The number of aliphatic hydroxyl groups is 1. The van der Waals surface area contributed by atoms with Gasteiger partial charge in [-0.2, -0.15) is 0 Å². The van der Waals surface area contributed by atoms with E-state index in [2.05, 4.69) is 18.7 Å². The number of carbonyl (C=O) groups is 1. The zero-order valence-corrected chi connectivity index (χ0v) is 15.5. The van der Waals surface area contributed by atoms with Crippen molar-refractivity contribution >= 4 is 6.09 Å². The zero-order valence-electron chi connectivity index (χ0n) is 15.5. The fourth-order valence-electron chi connectivity index (χ4n) is 2.83. The first-order chi connectivity index (χ1) is 12.0. The highest BCUT2D eigenvalue weighted by atomic mass is 16.6. The Balaban J connectivity index is 1.65. The van der Waals surface area contributed by atoms with E-state index >= 15 is 0 Å². The van der Waals surface area contributed by atoms with Crippen LogP contribution in [0.5, 0.6) is 5.75 Å². The van der Waals surface area contributed by atoms with Gasteiger partial charge >= 0.3 is 6.09 Å². The molecule has 1 aliphatic heterocycles. The highest BCUT2D eigenvalue weighted by Crippen LogP contribution is 2.16. The van der Waals surface area contributed by atoms with Gasteiger partial charge in [0.1, 0.15) is 5.75 Å². The maximum Gasteiger partial charge on any atom is 0.409 e. The molecular weight excluding hydrogens is 320 g/mol. The Morgan fingerprint density at radius 3 is 2.56 bits per heavy atom. The van der Waals surface area contributed by atoms with Gasteiger partial charge in [-0.15, -0.1) is 0 Å². The Morgan fingerprint density at radius 2 is 1.92 bits per heavy atom. The van der Waals surface area contributed by atoms with Crippen molar-refractivity contribution in [2.45, 2.75) is 33.3 Å². The molecule has 6 heteroatoms. The molecule has 1 unspecified atom stereocenters. The van der Waals surface area contributed by atoms with Crippen LogP contribution in [0.1, 0.15) is 24.5 Å². The zero-order chi connectivity index (χ0) is 18.2. The van der Waals surface area contributed by atoms with E-state index < -0.39 is 6.10 Å². The minimum absolute atomic E-state index is 0.246. The number of hydrogen-bond acceptors (Lipinski definition) is 5. The lowest BCUT2D eigenvalue weighted by atomic mass is 10.1. The molecule has 1 N–H and O–H groups in total. The van der Waals surface area contributed by atoms with Gasteiger partial charge < -0.3 is 19.5 Å². The van der Waals surface area contributed by atoms with Crippen LogP contribution in [0.4, 0.5) is 4.79 Å². The summed E-state index contributed by atoms with van der Waals surface area (Å²) in [6, 6.07) is 6.03. The summed E-state index contributed by atoms with van der Waals surface area (Å²) in [6.45, 7) is 10.2. The van der Waals surface area contributed by atoms with Gasteiger partial charge in [0.25, 0.3) is 0 Å². The summed E-state index contributed by atoms with van der Waals surface area (Å²) in [6.07, 6.45) is -0.0875. The lowest BCUT2D eigenvalue weighted by molar-refractivity contribution is 0.0515. The number of carbonyl (C=O) groups excluding carboxylic acids is 1. The first kappa shape index (κ1) is 19.5. The van der Waals surface area contributed by atoms with Crippen molar-refractivity contribution in [1.82, 2.24) is 9.80 Å². The summed E-state index contributed by atoms with van der Waals surface area (Å²) < 4.78 is 10.7. The molecule has 25 heavy (non-hydrogen) atoms. The Morgan fingerprint density at radius 1 is 1.20 bits per heavy atom. The van der Waals surface area contributed by atoms with Gasteiger partial charge in [-0.05, 0) is 44.0 Å². The second kappa shape index (κ2) is 9.63. The summed E-state index contributed by atoms with van der Waals surface area (Å²) >= 11 is 0. The number of benzene rings is 1.